The molecule has 2 fully saturated rings. The Bertz CT molecular complexity index is 508. The molecule has 2 aliphatic carbocycles. The van der Waals surface area contributed by atoms with Crippen molar-refractivity contribution in [3.63, 3.8) is 0 Å². The fourth-order valence-electron chi connectivity index (χ4n) is 8.66. The molecule has 0 radical (unpaired) electrons. The summed E-state index contributed by atoms with van der Waals surface area (Å²) in [5.74, 6) is 5.68. The molecule has 0 N–H and O–H groups in total. The van der Waals surface area contributed by atoms with E-state index in [1.807, 2.05) is 0 Å². The first-order valence-electron chi connectivity index (χ1n) is 16.9. The number of hydrogen-bond acceptors (Lipinski definition) is 0. The van der Waals surface area contributed by atoms with E-state index in [0.717, 1.165) is 35.5 Å². The topological polar surface area (TPSA) is 0 Å². The molecule has 0 spiro atoms. The lowest BCUT2D eigenvalue weighted by Gasteiger charge is -2.50. The zero-order valence-corrected chi connectivity index (χ0v) is 25.5. The number of rotatable bonds is 3. The molecular weight excluding hydrogens is 420 g/mol. The lowest BCUT2D eigenvalue weighted by atomic mass is 9.55. The van der Waals surface area contributed by atoms with Gasteiger partial charge in [-0.3, -0.25) is 0 Å². The normalized spacial score (nSPS) is 38.6. The van der Waals surface area contributed by atoms with Crippen LogP contribution in [-0.4, -0.2) is 0 Å². The summed E-state index contributed by atoms with van der Waals surface area (Å²) in [5, 5.41) is 0. The van der Waals surface area contributed by atoms with Crippen LogP contribution >= 0.6 is 0 Å². The Morgan fingerprint density at radius 3 is 1.43 bits per heavy atom. The second kappa shape index (κ2) is 17.5. The van der Waals surface area contributed by atoms with E-state index in [-0.39, 0.29) is 0 Å². The van der Waals surface area contributed by atoms with Crippen LogP contribution in [0, 0.1) is 40.9 Å². The van der Waals surface area contributed by atoms with Crippen molar-refractivity contribution in [1.29, 1.82) is 0 Å². The molecule has 0 bridgehead atoms. The fourth-order valence-corrected chi connectivity index (χ4v) is 8.66. The van der Waals surface area contributed by atoms with Crippen molar-refractivity contribution in [2.45, 2.75) is 183 Å². The molecule has 35 heavy (non-hydrogen) atoms. The Balaban J connectivity index is 2.30. The summed E-state index contributed by atoms with van der Waals surface area (Å²) in [5.41, 5.74) is 0.586. The van der Waals surface area contributed by atoms with Crippen molar-refractivity contribution >= 4 is 0 Å². The van der Waals surface area contributed by atoms with Gasteiger partial charge in [-0.1, -0.05) is 157 Å². The van der Waals surface area contributed by atoms with E-state index in [1.165, 1.54) is 141 Å². The first kappa shape index (κ1) is 31.2. The lowest BCUT2D eigenvalue weighted by Crippen LogP contribution is -2.41. The predicted molar refractivity (Wildman–Crippen MR) is 159 cm³/mol. The molecule has 208 valence electrons. The van der Waals surface area contributed by atoms with Crippen molar-refractivity contribution in [2.75, 3.05) is 0 Å². The molecule has 0 nitrogen and oxygen atoms in total. The molecule has 0 saturated heterocycles. The molecule has 0 amide bonds. The largest absolute Gasteiger partial charge is 0.0654 e. The molecule has 2 aliphatic rings. The van der Waals surface area contributed by atoms with Gasteiger partial charge in [-0.2, -0.15) is 0 Å². The molecule has 0 aromatic rings. The van der Waals surface area contributed by atoms with Crippen LogP contribution in [0.5, 0.6) is 0 Å². The maximum atomic E-state index is 2.69. The minimum atomic E-state index is 0.586. The number of fused-ring (bicyclic) bond motifs is 1. The zero-order chi connectivity index (χ0) is 25.5. The average Bonchev–Trinajstić information content (AvgIpc) is 2.84. The first-order valence-corrected chi connectivity index (χ1v) is 16.9. The Morgan fingerprint density at radius 1 is 0.486 bits per heavy atom. The fraction of sp³-hybridized carbons (Fsp3) is 1.00. The summed E-state index contributed by atoms with van der Waals surface area (Å²) in [6, 6.07) is 0. The van der Waals surface area contributed by atoms with Crippen molar-refractivity contribution < 1.29 is 0 Å². The van der Waals surface area contributed by atoms with Crippen LogP contribution in [0.2, 0.25) is 0 Å². The maximum Gasteiger partial charge on any atom is -0.0244 e. The van der Waals surface area contributed by atoms with E-state index >= 15 is 0 Å². The lowest BCUT2D eigenvalue weighted by molar-refractivity contribution is 0.000393. The molecule has 0 aromatic carbocycles. The summed E-state index contributed by atoms with van der Waals surface area (Å²) in [4.78, 5) is 0. The van der Waals surface area contributed by atoms with Crippen molar-refractivity contribution in [2.24, 2.45) is 40.9 Å². The first-order chi connectivity index (χ1) is 16.9. The molecule has 2 saturated carbocycles. The Labute approximate surface area is 223 Å². The minimum absolute atomic E-state index is 0.586. The van der Waals surface area contributed by atoms with Gasteiger partial charge in [-0.15, -0.1) is 0 Å². The maximum absolute atomic E-state index is 2.69. The molecular formula is C35H68. The average molecular weight is 489 g/mol. The van der Waals surface area contributed by atoms with Crippen molar-refractivity contribution in [3.05, 3.63) is 0 Å². The SMILES string of the molecule is CCCC1(CC)C(C)CCC(C)CCCCCC2CCCCC(C)CCCCC(C)CCCCC21. The van der Waals surface area contributed by atoms with Gasteiger partial charge in [0.2, 0.25) is 0 Å². The Morgan fingerprint density at radius 2 is 0.914 bits per heavy atom. The quantitative estimate of drug-likeness (QED) is 0.370. The summed E-state index contributed by atoms with van der Waals surface area (Å²) >= 11 is 0. The van der Waals surface area contributed by atoms with E-state index in [4.69, 9.17) is 0 Å². The minimum Gasteiger partial charge on any atom is -0.0654 e. The molecule has 7 atom stereocenters. The van der Waals surface area contributed by atoms with Crippen molar-refractivity contribution in [3.8, 4) is 0 Å². The van der Waals surface area contributed by atoms with Gasteiger partial charge < -0.3 is 0 Å². The summed E-state index contributed by atoms with van der Waals surface area (Å²) in [7, 11) is 0. The molecule has 0 aliphatic heterocycles. The highest BCUT2D eigenvalue weighted by atomic mass is 14.5. The van der Waals surface area contributed by atoms with E-state index in [2.05, 4.69) is 41.5 Å². The standard InChI is InChI=1S/C35H68/c1-7-28-35(8-2)32(6)27-26-31(5)18-10-9-11-23-33-24-16-14-21-29(3)19-12-13-20-30(4)22-15-17-25-34(33)35/h29-34H,7-28H2,1-6H3. The van der Waals surface area contributed by atoms with Gasteiger partial charge in [0.25, 0.3) is 0 Å². The summed E-state index contributed by atoms with van der Waals surface area (Å²) in [6.07, 6.45) is 32.6. The van der Waals surface area contributed by atoms with Gasteiger partial charge in [-0.05, 0) is 66.6 Å². The van der Waals surface area contributed by atoms with Crippen LogP contribution in [-0.2, 0) is 0 Å². The third-order valence-corrected chi connectivity index (χ3v) is 11.2. The monoisotopic (exact) mass is 489 g/mol. The van der Waals surface area contributed by atoms with Crippen molar-refractivity contribution in [1.82, 2.24) is 0 Å². The van der Waals surface area contributed by atoms with Crippen LogP contribution in [0.15, 0.2) is 0 Å². The predicted octanol–water partition coefficient (Wildman–Crippen LogP) is 12.4. The van der Waals surface area contributed by atoms with E-state index in [1.54, 1.807) is 0 Å². The highest BCUT2D eigenvalue weighted by Gasteiger charge is 2.43. The van der Waals surface area contributed by atoms with Crippen LogP contribution in [0.25, 0.3) is 0 Å². The Hall–Kier alpha value is 0. The van der Waals surface area contributed by atoms with Gasteiger partial charge >= 0.3 is 0 Å². The van der Waals surface area contributed by atoms with Crippen LogP contribution in [0.3, 0.4) is 0 Å². The van der Waals surface area contributed by atoms with Gasteiger partial charge in [0.05, 0.1) is 0 Å². The molecule has 0 aromatic heterocycles. The third kappa shape index (κ3) is 10.7. The molecule has 0 heteroatoms. The number of hydrogen-bond donors (Lipinski definition) is 0. The van der Waals surface area contributed by atoms with Gasteiger partial charge in [0, 0.05) is 0 Å². The van der Waals surface area contributed by atoms with E-state index in [0.29, 0.717) is 5.41 Å². The Kier molecular flexibility index (Phi) is 15.6. The highest BCUT2D eigenvalue weighted by molar-refractivity contribution is 4.93. The molecule has 0 heterocycles. The molecule has 7 unspecified atom stereocenters. The van der Waals surface area contributed by atoms with Crippen LogP contribution in [0.4, 0.5) is 0 Å². The van der Waals surface area contributed by atoms with E-state index < -0.39 is 0 Å². The van der Waals surface area contributed by atoms with Gasteiger partial charge in [0.15, 0.2) is 0 Å². The highest BCUT2D eigenvalue weighted by Crippen LogP contribution is 2.53. The van der Waals surface area contributed by atoms with Gasteiger partial charge in [-0.25, -0.2) is 0 Å². The zero-order valence-electron chi connectivity index (χ0n) is 25.5. The second-order valence-electron chi connectivity index (χ2n) is 14.0. The third-order valence-electron chi connectivity index (χ3n) is 11.2. The summed E-state index contributed by atoms with van der Waals surface area (Å²) < 4.78 is 0. The smallest absolute Gasteiger partial charge is 0.0244 e. The van der Waals surface area contributed by atoms with E-state index in [9.17, 15) is 0 Å². The van der Waals surface area contributed by atoms with Crippen LogP contribution < -0.4 is 0 Å². The second-order valence-corrected chi connectivity index (χ2v) is 14.0. The summed E-state index contributed by atoms with van der Waals surface area (Å²) in [6.45, 7) is 15.4. The molecule has 2 rings (SSSR count). The van der Waals surface area contributed by atoms with Gasteiger partial charge in [0.1, 0.15) is 0 Å². The van der Waals surface area contributed by atoms with Crippen LogP contribution in [0.1, 0.15) is 183 Å².